The van der Waals surface area contributed by atoms with Gasteiger partial charge in [0.25, 0.3) is 0 Å². The second-order valence-electron chi connectivity index (χ2n) is 4.00. The number of halogens is 3. The minimum Gasteiger partial charge on any atom is -0.380 e. The highest BCUT2D eigenvalue weighted by atomic mass is 19.4. The van der Waals surface area contributed by atoms with Crippen LogP contribution in [0.3, 0.4) is 0 Å². The van der Waals surface area contributed by atoms with E-state index in [0.717, 1.165) is 6.42 Å². The molecule has 1 saturated heterocycles. The van der Waals surface area contributed by atoms with Gasteiger partial charge in [-0.15, -0.1) is 0 Å². The van der Waals surface area contributed by atoms with Crippen molar-refractivity contribution in [3.8, 4) is 0 Å². The maximum atomic E-state index is 12.3. The molecule has 2 unspecified atom stereocenters. The van der Waals surface area contributed by atoms with E-state index in [0.29, 0.717) is 19.6 Å². The molecule has 0 aromatic carbocycles. The Morgan fingerprint density at radius 1 is 1.33 bits per heavy atom. The molecule has 0 aliphatic carbocycles. The third kappa shape index (κ3) is 4.38. The van der Waals surface area contributed by atoms with E-state index in [-0.39, 0.29) is 19.0 Å². The summed E-state index contributed by atoms with van der Waals surface area (Å²) in [6.07, 6.45) is -2.34. The molecule has 1 aliphatic rings. The number of rotatable bonds is 4. The molecule has 5 heteroatoms. The minimum absolute atomic E-state index is 0.0314. The van der Waals surface area contributed by atoms with E-state index in [1.54, 1.807) is 0 Å². The molecule has 1 N–H and O–H groups in total. The highest BCUT2D eigenvalue weighted by Crippen LogP contribution is 2.31. The summed E-state index contributed by atoms with van der Waals surface area (Å²) in [5.74, 6) is -1.18. The highest BCUT2D eigenvalue weighted by Gasteiger charge is 2.41. The topological polar surface area (TPSA) is 21.3 Å². The molecular formula is C10H18F3NO. The lowest BCUT2D eigenvalue weighted by molar-refractivity contribution is -0.180. The Kier molecular flexibility index (Phi) is 4.86. The van der Waals surface area contributed by atoms with Crippen molar-refractivity contribution in [2.24, 2.45) is 5.92 Å². The van der Waals surface area contributed by atoms with Crippen LogP contribution in [-0.4, -0.2) is 32.0 Å². The van der Waals surface area contributed by atoms with Crippen LogP contribution >= 0.6 is 0 Å². The van der Waals surface area contributed by atoms with Crippen molar-refractivity contribution in [3.63, 3.8) is 0 Å². The predicted octanol–water partition coefficient (Wildman–Crippen LogP) is 2.34. The Hall–Kier alpha value is -0.290. The maximum absolute atomic E-state index is 12.3. The summed E-state index contributed by atoms with van der Waals surface area (Å²) in [4.78, 5) is 0. The smallest absolute Gasteiger partial charge is 0.380 e. The zero-order chi connectivity index (χ0) is 11.3. The van der Waals surface area contributed by atoms with Crippen LogP contribution in [0, 0.1) is 5.92 Å². The van der Waals surface area contributed by atoms with E-state index in [4.69, 9.17) is 4.74 Å². The normalized spacial score (nSPS) is 28.0. The fourth-order valence-electron chi connectivity index (χ4n) is 1.71. The lowest BCUT2D eigenvalue weighted by Crippen LogP contribution is -2.46. The zero-order valence-corrected chi connectivity index (χ0v) is 8.94. The molecular weight excluding hydrogens is 207 g/mol. The van der Waals surface area contributed by atoms with E-state index in [1.165, 1.54) is 0 Å². The van der Waals surface area contributed by atoms with Crippen molar-refractivity contribution >= 4 is 0 Å². The highest BCUT2D eigenvalue weighted by molar-refractivity contribution is 4.81. The van der Waals surface area contributed by atoms with Crippen LogP contribution in [0.15, 0.2) is 0 Å². The van der Waals surface area contributed by atoms with E-state index >= 15 is 0 Å². The number of nitrogens with one attached hydrogen (secondary N) is 1. The van der Waals surface area contributed by atoms with Crippen molar-refractivity contribution in [3.05, 3.63) is 0 Å². The van der Waals surface area contributed by atoms with Gasteiger partial charge in [0.15, 0.2) is 0 Å². The minimum atomic E-state index is -4.05. The van der Waals surface area contributed by atoms with E-state index < -0.39 is 12.1 Å². The summed E-state index contributed by atoms with van der Waals surface area (Å²) in [7, 11) is 0. The molecule has 0 aromatic heterocycles. The third-order valence-electron chi connectivity index (χ3n) is 2.65. The lowest BCUT2D eigenvalue weighted by Gasteiger charge is -2.30. The fraction of sp³-hybridized carbons (Fsp3) is 1.00. The first-order chi connectivity index (χ1) is 7.04. The first-order valence-electron chi connectivity index (χ1n) is 5.42. The van der Waals surface area contributed by atoms with Gasteiger partial charge in [0.1, 0.15) is 0 Å². The van der Waals surface area contributed by atoms with E-state index in [1.807, 2.05) is 6.92 Å². The number of piperidine rings is 1. The van der Waals surface area contributed by atoms with Gasteiger partial charge >= 0.3 is 6.18 Å². The SMILES string of the molecule is CCCOCC1CCC(C(F)(F)F)CN1. The summed E-state index contributed by atoms with van der Waals surface area (Å²) < 4.78 is 42.2. The van der Waals surface area contributed by atoms with Crippen molar-refractivity contribution in [1.82, 2.24) is 5.32 Å². The van der Waals surface area contributed by atoms with E-state index in [2.05, 4.69) is 5.32 Å². The average molecular weight is 225 g/mol. The predicted molar refractivity (Wildman–Crippen MR) is 51.7 cm³/mol. The Morgan fingerprint density at radius 2 is 2.07 bits per heavy atom. The molecule has 1 aliphatic heterocycles. The first kappa shape index (κ1) is 12.8. The van der Waals surface area contributed by atoms with Crippen LogP contribution in [0.2, 0.25) is 0 Å². The summed E-state index contributed by atoms with van der Waals surface area (Å²) in [6, 6.07) is 0.0927. The molecule has 0 bridgehead atoms. The summed E-state index contributed by atoms with van der Waals surface area (Å²) in [6.45, 7) is 3.25. The molecule has 1 rings (SSSR count). The summed E-state index contributed by atoms with van der Waals surface area (Å²) >= 11 is 0. The monoisotopic (exact) mass is 225 g/mol. The van der Waals surface area contributed by atoms with Crippen LogP contribution in [0.1, 0.15) is 26.2 Å². The Morgan fingerprint density at radius 3 is 2.53 bits per heavy atom. The third-order valence-corrected chi connectivity index (χ3v) is 2.65. The number of ether oxygens (including phenoxy) is 1. The van der Waals surface area contributed by atoms with Gasteiger partial charge in [0.2, 0.25) is 0 Å². The molecule has 0 saturated carbocycles. The molecule has 0 aromatic rings. The molecule has 15 heavy (non-hydrogen) atoms. The van der Waals surface area contributed by atoms with E-state index in [9.17, 15) is 13.2 Å². The quantitative estimate of drug-likeness (QED) is 0.741. The van der Waals surface area contributed by atoms with Gasteiger partial charge in [0.05, 0.1) is 12.5 Å². The van der Waals surface area contributed by atoms with Crippen molar-refractivity contribution in [2.45, 2.75) is 38.4 Å². The van der Waals surface area contributed by atoms with Crippen LogP contribution in [-0.2, 0) is 4.74 Å². The molecule has 2 nitrogen and oxygen atoms in total. The second kappa shape index (κ2) is 5.70. The lowest BCUT2D eigenvalue weighted by atomic mass is 9.94. The van der Waals surface area contributed by atoms with Gasteiger partial charge < -0.3 is 10.1 Å². The number of hydrogen-bond donors (Lipinski definition) is 1. The molecule has 0 spiro atoms. The molecule has 1 fully saturated rings. The largest absolute Gasteiger partial charge is 0.393 e. The molecule has 1 heterocycles. The Bertz CT molecular complexity index is 176. The van der Waals surface area contributed by atoms with Crippen LogP contribution in [0.5, 0.6) is 0 Å². The fourth-order valence-corrected chi connectivity index (χ4v) is 1.71. The van der Waals surface area contributed by atoms with Crippen molar-refractivity contribution in [1.29, 1.82) is 0 Å². The van der Waals surface area contributed by atoms with Gasteiger partial charge in [-0.1, -0.05) is 6.92 Å². The summed E-state index contributed by atoms with van der Waals surface area (Å²) in [5.41, 5.74) is 0. The van der Waals surface area contributed by atoms with Gasteiger partial charge in [-0.25, -0.2) is 0 Å². The standard InChI is InChI=1S/C10H18F3NO/c1-2-5-15-7-9-4-3-8(6-14-9)10(11,12)13/h8-9,14H,2-7H2,1H3. The van der Waals surface area contributed by atoms with Gasteiger partial charge in [-0.2, -0.15) is 13.2 Å². The van der Waals surface area contributed by atoms with Crippen LogP contribution in [0.4, 0.5) is 13.2 Å². The van der Waals surface area contributed by atoms with Crippen LogP contribution in [0.25, 0.3) is 0 Å². The van der Waals surface area contributed by atoms with Crippen molar-refractivity contribution in [2.75, 3.05) is 19.8 Å². The Balaban J connectivity index is 2.18. The van der Waals surface area contributed by atoms with Crippen LogP contribution < -0.4 is 5.32 Å². The Labute approximate surface area is 88.2 Å². The van der Waals surface area contributed by atoms with Gasteiger partial charge in [-0.3, -0.25) is 0 Å². The molecule has 0 radical (unpaired) electrons. The first-order valence-corrected chi connectivity index (χ1v) is 5.42. The van der Waals surface area contributed by atoms with Gasteiger partial charge in [-0.05, 0) is 19.3 Å². The van der Waals surface area contributed by atoms with Gasteiger partial charge in [0, 0.05) is 19.2 Å². The van der Waals surface area contributed by atoms with Crippen molar-refractivity contribution < 1.29 is 17.9 Å². The average Bonchev–Trinajstić information content (AvgIpc) is 2.18. The molecule has 2 atom stereocenters. The number of hydrogen-bond acceptors (Lipinski definition) is 2. The molecule has 90 valence electrons. The zero-order valence-electron chi connectivity index (χ0n) is 8.94. The maximum Gasteiger partial charge on any atom is 0.393 e. The summed E-state index contributed by atoms with van der Waals surface area (Å²) in [5, 5.41) is 2.89. The second-order valence-corrected chi connectivity index (χ2v) is 4.00. The molecule has 0 amide bonds. The number of alkyl halides is 3.